The number of carbonyl (C=O) groups excluding carboxylic acids is 2. The Kier molecular flexibility index (Phi) is 5.25. The van der Waals surface area contributed by atoms with E-state index in [1.165, 1.54) is 37.8 Å². The molecule has 3 amide bonds. The lowest BCUT2D eigenvalue weighted by Crippen LogP contribution is -2.47. The van der Waals surface area contributed by atoms with Crippen LogP contribution in [0.1, 0.15) is 38.2 Å². The third kappa shape index (κ3) is 4.30. The first-order valence-corrected chi connectivity index (χ1v) is 9.02. The van der Waals surface area contributed by atoms with Crippen molar-refractivity contribution < 1.29 is 14.0 Å². The zero-order valence-electron chi connectivity index (χ0n) is 14.8. The maximum absolute atomic E-state index is 13.2. The van der Waals surface area contributed by atoms with Crippen LogP contribution in [0.4, 0.5) is 14.9 Å². The number of carbonyl (C=O) groups is 2. The van der Waals surface area contributed by atoms with Gasteiger partial charge in [-0.1, -0.05) is 12.5 Å². The Morgan fingerprint density at radius 2 is 2.08 bits per heavy atom. The number of halogens is 1. The van der Waals surface area contributed by atoms with Crippen molar-refractivity contribution >= 4 is 17.6 Å². The largest absolute Gasteiger partial charge is 0.335 e. The summed E-state index contributed by atoms with van der Waals surface area (Å²) in [5.41, 5.74) is 1.19. The number of rotatable bonds is 5. The third-order valence-electron chi connectivity index (χ3n) is 5.68. The monoisotopic (exact) mass is 347 g/mol. The molecule has 0 radical (unpaired) electrons. The molecule has 6 heteroatoms. The fourth-order valence-electron chi connectivity index (χ4n) is 4.35. The molecule has 1 aromatic rings. The van der Waals surface area contributed by atoms with Crippen molar-refractivity contribution in [2.24, 2.45) is 17.8 Å². The van der Waals surface area contributed by atoms with Gasteiger partial charge in [-0.05, 0) is 68.6 Å². The van der Waals surface area contributed by atoms with Gasteiger partial charge in [-0.25, -0.2) is 9.18 Å². The molecule has 2 fully saturated rings. The van der Waals surface area contributed by atoms with E-state index >= 15 is 0 Å². The summed E-state index contributed by atoms with van der Waals surface area (Å²) in [6.07, 6.45) is 5.11. The summed E-state index contributed by atoms with van der Waals surface area (Å²) in [6, 6.07) is 3.99. The van der Waals surface area contributed by atoms with Gasteiger partial charge in [-0.3, -0.25) is 4.79 Å². The van der Waals surface area contributed by atoms with Crippen LogP contribution in [-0.4, -0.2) is 24.5 Å². The van der Waals surface area contributed by atoms with Gasteiger partial charge in [0.2, 0.25) is 5.91 Å². The number of amides is 3. The average molecular weight is 347 g/mol. The van der Waals surface area contributed by atoms with Crippen LogP contribution in [0, 0.1) is 30.5 Å². The Morgan fingerprint density at radius 3 is 2.76 bits per heavy atom. The van der Waals surface area contributed by atoms with Crippen LogP contribution >= 0.6 is 0 Å². The number of fused-ring (bicyclic) bond motifs is 2. The average Bonchev–Trinajstić information content (AvgIpc) is 3.19. The highest BCUT2D eigenvalue weighted by Gasteiger charge is 2.42. The lowest BCUT2D eigenvalue weighted by molar-refractivity contribution is -0.115. The first kappa shape index (κ1) is 17.7. The minimum atomic E-state index is -0.411. The first-order valence-electron chi connectivity index (χ1n) is 9.02. The van der Waals surface area contributed by atoms with Crippen molar-refractivity contribution in [2.75, 3.05) is 11.9 Å². The summed E-state index contributed by atoms with van der Waals surface area (Å²) in [4.78, 5) is 24.0. The van der Waals surface area contributed by atoms with Crippen molar-refractivity contribution in [1.82, 2.24) is 10.6 Å². The normalized spacial score (nSPS) is 25.5. The topological polar surface area (TPSA) is 70.2 Å². The summed E-state index contributed by atoms with van der Waals surface area (Å²) in [5, 5.41) is 8.15. The summed E-state index contributed by atoms with van der Waals surface area (Å²) in [6.45, 7) is 3.68. The van der Waals surface area contributed by atoms with Gasteiger partial charge in [0.15, 0.2) is 0 Å². The number of urea groups is 1. The van der Waals surface area contributed by atoms with Crippen molar-refractivity contribution in [2.45, 2.75) is 45.6 Å². The zero-order chi connectivity index (χ0) is 18.0. The molecule has 5 nitrogen and oxygen atoms in total. The molecule has 2 saturated carbocycles. The van der Waals surface area contributed by atoms with E-state index in [-0.39, 0.29) is 24.5 Å². The second kappa shape index (κ2) is 7.42. The van der Waals surface area contributed by atoms with Gasteiger partial charge in [0.05, 0.1) is 6.54 Å². The van der Waals surface area contributed by atoms with Crippen LogP contribution in [-0.2, 0) is 4.79 Å². The van der Waals surface area contributed by atoms with Crippen LogP contribution in [0.2, 0.25) is 0 Å². The molecule has 0 unspecified atom stereocenters. The molecule has 136 valence electrons. The number of aryl methyl sites for hydroxylation is 1. The summed E-state index contributed by atoms with van der Waals surface area (Å²) >= 11 is 0. The van der Waals surface area contributed by atoms with Gasteiger partial charge >= 0.3 is 6.03 Å². The lowest BCUT2D eigenvalue weighted by Gasteiger charge is -2.28. The third-order valence-corrected chi connectivity index (χ3v) is 5.68. The van der Waals surface area contributed by atoms with Crippen molar-refractivity contribution in [3.63, 3.8) is 0 Å². The fraction of sp³-hybridized carbons (Fsp3) is 0.579. The van der Waals surface area contributed by atoms with E-state index in [1.54, 1.807) is 13.0 Å². The Morgan fingerprint density at radius 1 is 1.28 bits per heavy atom. The molecule has 2 aliphatic carbocycles. The van der Waals surface area contributed by atoms with Gasteiger partial charge in [0.25, 0.3) is 0 Å². The Hall–Kier alpha value is -2.11. The minimum Gasteiger partial charge on any atom is -0.335 e. The van der Waals surface area contributed by atoms with E-state index in [0.717, 1.165) is 17.4 Å². The van der Waals surface area contributed by atoms with Crippen LogP contribution in [0.25, 0.3) is 0 Å². The molecule has 0 aromatic heterocycles. The molecule has 1 aromatic carbocycles. The molecule has 2 bridgehead atoms. The highest BCUT2D eigenvalue weighted by Crippen LogP contribution is 2.49. The Balaban J connectivity index is 1.42. The lowest BCUT2D eigenvalue weighted by atomic mass is 9.84. The summed E-state index contributed by atoms with van der Waals surface area (Å²) in [7, 11) is 0. The molecular weight excluding hydrogens is 321 g/mol. The van der Waals surface area contributed by atoms with Gasteiger partial charge in [0, 0.05) is 11.7 Å². The maximum atomic E-state index is 13.2. The summed E-state index contributed by atoms with van der Waals surface area (Å²) in [5.74, 6) is 1.33. The number of benzene rings is 1. The molecule has 0 saturated heterocycles. The Labute approximate surface area is 147 Å². The standard InChI is InChI=1S/C19H26FN3O2/c1-11-3-6-15(20)9-17(11)23-18(24)10-21-19(25)22-12(2)16-8-13-4-5-14(16)7-13/h3,6,9,12-14,16H,4-5,7-8,10H2,1-2H3,(H,23,24)(H2,21,22,25)/t12-,13-,14-,16+/m0/s1. The van der Waals surface area contributed by atoms with Gasteiger partial charge < -0.3 is 16.0 Å². The smallest absolute Gasteiger partial charge is 0.315 e. The molecule has 0 heterocycles. The van der Waals surface area contributed by atoms with E-state index in [4.69, 9.17) is 0 Å². The molecule has 3 N–H and O–H groups in total. The van der Waals surface area contributed by atoms with E-state index in [1.807, 2.05) is 6.92 Å². The van der Waals surface area contributed by atoms with E-state index in [2.05, 4.69) is 16.0 Å². The molecule has 3 rings (SSSR count). The molecular formula is C19H26FN3O2. The predicted molar refractivity (Wildman–Crippen MR) is 94.7 cm³/mol. The van der Waals surface area contributed by atoms with Gasteiger partial charge in [-0.2, -0.15) is 0 Å². The van der Waals surface area contributed by atoms with Crippen LogP contribution in [0.15, 0.2) is 18.2 Å². The first-order chi connectivity index (χ1) is 11.9. The van der Waals surface area contributed by atoms with Crippen LogP contribution in [0.3, 0.4) is 0 Å². The van der Waals surface area contributed by atoms with Crippen LogP contribution in [0.5, 0.6) is 0 Å². The second-order valence-electron chi connectivity index (χ2n) is 7.46. The van der Waals surface area contributed by atoms with Crippen molar-refractivity contribution in [3.05, 3.63) is 29.6 Å². The van der Waals surface area contributed by atoms with E-state index < -0.39 is 5.82 Å². The quantitative estimate of drug-likeness (QED) is 0.765. The maximum Gasteiger partial charge on any atom is 0.315 e. The number of hydrogen-bond acceptors (Lipinski definition) is 2. The predicted octanol–water partition coefficient (Wildman–Crippen LogP) is 3.20. The second-order valence-corrected chi connectivity index (χ2v) is 7.46. The zero-order valence-corrected chi connectivity index (χ0v) is 14.8. The molecule has 0 aliphatic heterocycles. The number of nitrogens with one attached hydrogen (secondary N) is 3. The van der Waals surface area contributed by atoms with Crippen molar-refractivity contribution in [1.29, 1.82) is 0 Å². The van der Waals surface area contributed by atoms with Gasteiger partial charge in [0.1, 0.15) is 5.82 Å². The molecule has 2 aliphatic rings. The molecule has 25 heavy (non-hydrogen) atoms. The molecule has 0 spiro atoms. The highest BCUT2D eigenvalue weighted by molar-refractivity contribution is 5.94. The molecule has 4 atom stereocenters. The Bertz CT molecular complexity index is 664. The van der Waals surface area contributed by atoms with E-state index in [0.29, 0.717) is 11.6 Å². The van der Waals surface area contributed by atoms with E-state index in [9.17, 15) is 14.0 Å². The SMILES string of the molecule is Cc1ccc(F)cc1NC(=O)CNC(=O)N[C@@H](C)[C@H]1C[C@H]2CC[C@H]1C2. The minimum absolute atomic E-state index is 0.115. The highest BCUT2D eigenvalue weighted by atomic mass is 19.1. The fourth-order valence-corrected chi connectivity index (χ4v) is 4.35. The number of anilines is 1. The van der Waals surface area contributed by atoms with Gasteiger partial charge in [-0.15, -0.1) is 0 Å². The van der Waals surface area contributed by atoms with Crippen molar-refractivity contribution in [3.8, 4) is 0 Å². The van der Waals surface area contributed by atoms with Crippen LogP contribution < -0.4 is 16.0 Å². The summed E-state index contributed by atoms with van der Waals surface area (Å²) < 4.78 is 13.2. The number of hydrogen-bond donors (Lipinski definition) is 3.